The van der Waals surface area contributed by atoms with Crippen molar-refractivity contribution in [3.63, 3.8) is 0 Å². The number of carbonyl (C=O) groups is 1. The second kappa shape index (κ2) is 7.91. The van der Waals surface area contributed by atoms with Crippen molar-refractivity contribution in [1.29, 1.82) is 0 Å². The van der Waals surface area contributed by atoms with E-state index in [1.807, 2.05) is 4.90 Å². The molecule has 1 aliphatic rings. The zero-order valence-electron chi connectivity index (χ0n) is 14.5. The fourth-order valence-corrected chi connectivity index (χ4v) is 3.60. The second-order valence-corrected chi connectivity index (χ2v) is 7.37. The number of hydrogen-bond acceptors (Lipinski definition) is 7. The SMILES string of the molecule is O=C(c1cncc(Br)c1)N1CCC[C@@H](Cc2nc(-c3cnccn3)no2)C1. The Hall–Kier alpha value is -2.68. The summed E-state index contributed by atoms with van der Waals surface area (Å²) in [7, 11) is 0. The van der Waals surface area contributed by atoms with E-state index < -0.39 is 0 Å². The fourth-order valence-electron chi connectivity index (χ4n) is 3.23. The van der Waals surface area contributed by atoms with E-state index in [2.05, 4.69) is 41.0 Å². The molecule has 1 fully saturated rings. The van der Waals surface area contributed by atoms with Crippen molar-refractivity contribution in [2.75, 3.05) is 13.1 Å². The van der Waals surface area contributed by atoms with E-state index in [0.29, 0.717) is 35.9 Å². The normalized spacial score (nSPS) is 17.1. The zero-order valence-corrected chi connectivity index (χ0v) is 16.0. The molecule has 138 valence electrons. The highest BCUT2D eigenvalue weighted by molar-refractivity contribution is 9.10. The third-order valence-corrected chi connectivity index (χ3v) is 4.92. The molecule has 0 saturated carbocycles. The summed E-state index contributed by atoms with van der Waals surface area (Å²) in [5, 5.41) is 3.98. The Morgan fingerprint density at radius 1 is 1.26 bits per heavy atom. The van der Waals surface area contributed by atoms with Crippen LogP contribution in [0.15, 0.2) is 46.0 Å². The van der Waals surface area contributed by atoms with Crippen molar-refractivity contribution in [3.05, 3.63) is 53.0 Å². The van der Waals surface area contributed by atoms with Gasteiger partial charge in [-0.1, -0.05) is 5.16 Å². The largest absolute Gasteiger partial charge is 0.339 e. The molecule has 1 aliphatic heterocycles. The number of pyridine rings is 1. The Balaban J connectivity index is 1.42. The zero-order chi connectivity index (χ0) is 18.6. The summed E-state index contributed by atoms with van der Waals surface area (Å²) in [5.74, 6) is 1.26. The number of amides is 1. The van der Waals surface area contributed by atoms with E-state index in [4.69, 9.17) is 4.52 Å². The molecule has 1 amide bonds. The molecule has 0 bridgehead atoms. The predicted octanol–water partition coefficient (Wildman–Crippen LogP) is 2.78. The summed E-state index contributed by atoms with van der Waals surface area (Å²) in [6.07, 6.45) is 10.6. The molecule has 4 rings (SSSR count). The number of likely N-dealkylation sites (tertiary alicyclic amines) is 1. The van der Waals surface area contributed by atoms with Crippen molar-refractivity contribution in [1.82, 2.24) is 30.0 Å². The van der Waals surface area contributed by atoms with Gasteiger partial charge in [0.25, 0.3) is 5.91 Å². The molecule has 3 aromatic rings. The van der Waals surface area contributed by atoms with Gasteiger partial charge in [-0.2, -0.15) is 4.98 Å². The van der Waals surface area contributed by atoms with Crippen LogP contribution in [0, 0.1) is 5.92 Å². The summed E-state index contributed by atoms with van der Waals surface area (Å²) in [6, 6.07) is 1.80. The summed E-state index contributed by atoms with van der Waals surface area (Å²) in [5.41, 5.74) is 1.17. The van der Waals surface area contributed by atoms with Crippen molar-refractivity contribution in [2.45, 2.75) is 19.3 Å². The smallest absolute Gasteiger partial charge is 0.255 e. The van der Waals surface area contributed by atoms with E-state index in [0.717, 1.165) is 23.9 Å². The van der Waals surface area contributed by atoms with Crippen LogP contribution in [-0.4, -0.2) is 49.0 Å². The fraction of sp³-hybridized carbons (Fsp3) is 0.333. The van der Waals surface area contributed by atoms with E-state index in [1.165, 1.54) is 0 Å². The van der Waals surface area contributed by atoms with E-state index in [9.17, 15) is 4.79 Å². The number of rotatable bonds is 4. The lowest BCUT2D eigenvalue weighted by Crippen LogP contribution is -2.40. The van der Waals surface area contributed by atoms with Crippen LogP contribution in [0.4, 0.5) is 0 Å². The molecule has 0 N–H and O–H groups in total. The maximum absolute atomic E-state index is 12.7. The van der Waals surface area contributed by atoms with Crippen molar-refractivity contribution in [3.8, 4) is 11.5 Å². The average molecular weight is 429 g/mol. The minimum Gasteiger partial charge on any atom is -0.339 e. The van der Waals surface area contributed by atoms with Crippen LogP contribution >= 0.6 is 15.9 Å². The Morgan fingerprint density at radius 2 is 2.19 bits per heavy atom. The highest BCUT2D eigenvalue weighted by Gasteiger charge is 2.26. The number of carbonyl (C=O) groups excluding carboxylic acids is 1. The van der Waals surface area contributed by atoms with Crippen molar-refractivity contribution >= 4 is 21.8 Å². The molecule has 4 heterocycles. The molecule has 8 nitrogen and oxygen atoms in total. The van der Waals surface area contributed by atoms with Gasteiger partial charge in [-0.05, 0) is 40.8 Å². The molecular formula is C18H17BrN6O2. The van der Waals surface area contributed by atoms with Gasteiger partial charge in [0, 0.05) is 48.8 Å². The lowest BCUT2D eigenvalue weighted by atomic mass is 9.94. The third-order valence-electron chi connectivity index (χ3n) is 4.48. The molecule has 0 unspecified atom stereocenters. The first-order valence-electron chi connectivity index (χ1n) is 8.68. The standard InChI is InChI=1S/C18H17BrN6O2/c19-14-7-13(8-21-9-14)18(26)25-5-1-2-12(11-25)6-16-23-17(24-27-16)15-10-20-3-4-22-15/h3-4,7-10,12H,1-2,5-6,11H2/t12-/m0/s1. The summed E-state index contributed by atoms with van der Waals surface area (Å²) < 4.78 is 6.17. The monoisotopic (exact) mass is 428 g/mol. The quantitative estimate of drug-likeness (QED) is 0.629. The topological polar surface area (TPSA) is 97.9 Å². The second-order valence-electron chi connectivity index (χ2n) is 6.46. The van der Waals surface area contributed by atoms with Gasteiger partial charge < -0.3 is 9.42 Å². The molecular weight excluding hydrogens is 412 g/mol. The Bertz CT molecular complexity index is 932. The van der Waals surface area contributed by atoms with Crippen LogP contribution in [-0.2, 0) is 6.42 Å². The number of halogens is 1. The van der Waals surface area contributed by atoms with Crippen molar-refractivity contribution in [2.24, 2.45) is 5.92 Å². The third kappa shape index (κ3) is 4.19. The summed E-state index contributed by atoms with van der Waals surface area (Å²) in [6.45, 7) is 1.41. The highest BCUT2D eigenvalue weighted by atomic mass is 79.9. The summed E-state index contributed by atoms with van der Waals surface area (Å²) in [4.78, 5) is 31.3. The molecule has 1 atom stereocenters. The number of nitrogens with zero attached hydrogens (tertiary/aromatic N) is 6. The number of aromatic nitrogens is 5. The van der Waals surface area contributed by atoms with Crippen LogP contribution in [0.2, 0.25) is 0 Å². The number of piperidine rings is 1. The van der Waals surface area contributed by atoms with E-state index >= 15 is 0 Å². The first-order chi connectivity index (χ1) is 13.2. The van der Waals surface area contributed by atoms with Crippen molar-refractivity contribution < 1.29 is 9.32 Å². The van der Waals surface area contributed by atoms with Gasteiger partial charge in [0.05, 0.1) is 11.8 Å². The Labute approximate surface area is 164 Å². The Morgan fingerprint density at radius 3 is 3.00 bits per heavy atom. The minimum atomic E-state index is -0.000668. The molecule has 0 spiro atoms. The minimum absolute atomic E-state index is 0.000668. The van der Waals surface area contributed by atoms with E-state index in [1.54, 1.807) is 37.1 Å². The molecule has 0 radical (unpaired) electrons. The van der Waals surface area contributed by atoms with Gasteiger partial charge in [0.2, 0.25) is 11.7 Å². The van der Waals surface area contributed by atoms with Crippen LogP contribution in [0.5, 0.6) is 0 Å². The highest BCUT2D eigenvalue weighted by Crippen LogP contribution is 2.23. The number of hydrogen-bond donors (Lipinski definition) is 0. The maximum Gasteiger partial charge on any atom is 0.255 e. The first-order valence-corrected chi connectivity index (χ1v) is 9.47. The lowest BCUT2D eigenvalue weighted by Gasteiger charge is -2.32. The Kier molecular flexibility index (Phi) is 5.19. The van der Waals surface area contributed by atoms with Gasteiger partial charge in [-0.3, -0.25) is 14.8 Å². The lowest BCUT2D eigenvalue weighted by molar-refractivity contribution is 0.0667. The molecule has 0 aromatic carbocycles. The molecule has 3 aromatic heterocycles. The van der Waals surface area contributed by atoms with Gasteiger partial charge in [-0.25, -0.2) is 4.98 Å². The predicted molar refractivity (Wildman–Crippen MR) is 99.6 cm³/mol. The van der Waals surface area contributed by atoms with Gasteiger partial charge in [-0.15, -0.1) is 0 Å². The van der Waals surface area contributed by atoms with Gasteiger partial charge in [0.15, 0.2) is 0 Å². The first kappa shape index (κ1) is 17.7. The van der Waals surface area contributed by atoms with Crippen LogP contribution in [0.1, 0.15) is 29.1 Å². The van der Waals surface area contributed by atoms with E-state index in [-0.39, 0.29) is 11.8 Å². The van der Waals surface area contributed by atoms with Crippen LogP contribution < -0.4 is 0 Å². The van der Waals surface area contributed by atoms with Crippen LogP contribution in [0.3, 0.4) is 0 Å². The molecule has 9 heteroatoms. The van der Waals surface area contributed by atoms with Gasteiger partial charge >= 0.3 is 0 Å². The molecule has 0 aliphatic carbocycles. The van der Waals surface area contributed by atoms with Gasteiger partial charge in [0.1, 0.15) is 5.69 Å². The average Bonchev–Trinajstić information content (AvgIpc) is 3.17. The molecule has 27 heavy (non-hydrogen) atoms. The van der Waals surface area contributed by atoms with Crippen LogP contribution in [0.25, 0.3) is 11.5 Å². The maximum atomic E-state index is 12.7. The molecule has 1 saturated heterocycles. The summed E-state index contributed by atoms with van der Waals surface area (Å²) >= 11 is 3.36.